The maximum Gasteiger partial charge on any atom is 0.262 e. The molecule has 0 aliphatic heterocycles. The summed E-state index contributed by atoms with van der Waals surface area (Å²) in [7, 11) is 0. The Morgan fingerprint density at radius 3 is 2.70 bits per heavy atom. The Bertz CT molecular complexity index is 688. The van der Waals surface area contributed by atoms with Crippen molar-refractivity contribution in [3.63, 3.8) is 0 Å². The topological polar surface area (TPSA) is 53.5 Å². The van der Waals surface area contributed by atoms with Crippen LogP contribution in [0.5, 0.6) is 0 Å². The van der Waals surface area contributed by atoms with Gasteiger partial charge in [-0.25, -0.2) is 9.82 Å². The lowest BCUT2D eigenvalue weighted by Crippen LogP contribution is -2.36. The maximum absolute atomic E-state index is 12.8. The fourth-order valence-electron chi connectivity index (χ4n) is 1.93. The van der Waals surface area contributed by atoms with Crippen molar-refractivity contribution in [3.8, 4) is 0 Å². The van der Waals surface area contributed by atoms with Gasteiger partial charge in [0.15, 0.2) is 0 Å². The van der Waals surface area contributed by atoms with Crippen molar-refractivity contribution in [2.75, 3.05) is 5.32 Å². The van der Waals surface area contributed by atoms with Gasteiger partial charge < -0.3 is 5.32 Å². The molecular formula is C17H17ClFN3O. The number of rotatable bonds is 6. The van der Waals surface area contributed by atoms with E-state index in [0.717, 1.165) is 5.69 Å². The van der Waals surface area contributed by atoms with Crippen LogP contribution in [0.15, 0.2) is 53.6 Å². The molecule has 2 aromatic carbocycles. The van der Waals surface area contributed by atoms with Crippen molar-refractivity contribution < 1.29 is 9.18 Å². The molecule has 0 aliphatic carbocycles. The van der Waals surface area contributed by atoms with Gasteiger partial charge in [0.05, 0.1) is 6.21 Å². The lowest BCUT2D eigenvalue weighted by molar-refractivity contribution is -0.121. The van der Waals surface area contributed by atoms with E-state index in [1.807, 2.05) is 19.1 Å². The van der Waals surface area contributed by atoms with Crippen LogP contribution in [0, 0.1) is 5.82 Å². The van der Waals surface area contributed by atoms with Crippen molar-refractivity contribution in [2.45, 2.75) is 19.4 Å². The molecule has 2 rings (SSSR count). The number of anilines is 1. The van der Waals surface area contributed by atoms with Crippen LogP contribution >= 0.6 is 11.6 Å². The molecule has 120 valence electrons. The molecule has 4 nitrogen and oxygen atoms in total. The largest absolute Gasteiger partial charge is 0.374 e. The number of carbonyl (C=O) groups is 1. The van der Waals surface area contributed by atoms with Gasteiger partial charge in [-0.3, -0.25) is 4.79 Å². The lowest BCUT2D eigenvalue weighted by atomic mass is 10.2. The molecule has 1 atom stereocenters. The highest BCUT2D eigenvalue weighted by molar-refractivity contribution is 6.30. The summed E-state index contributed by atoms with van der Waals surface area (Å²) in [6.07, 6.45) is 2.05. The normalized spacial score (nSPS) is 12.1. The highest BCUT2D eigenvalue weighted by Crippen LogP contribution is 2.16. The first-order valence-electron chi connectivity index (χ1n) is 7.19. The fraction of sp³-hybridized carbons (Fsp3) is 0.176. The van der Waals surface area contributed by atoms with Gasteiger partial charge in [-0.1, -0.05) is 36.7 Å². The van der Waals surface area contributed by atoms with Gasteiger partial charge in [0.1, 0.15) is 11.9 Å². The fourth-order valence-corrected chi connectivity index (χ4v) is 2.12. The average Bonchev–Trinajstić information content (AvgIpc) is 2.54. The number of halogens is 2. The molecule has 0 saturated carbocycles. The van der Waals surface area contributed by atoms with Crippen molar-refractivity contribution in [2.24, 2.45) is 5.10 Å². The lowest BCUT2D eigenvalue weighted by Gasteiger charge is -2.16. The van der Waals surface area contributed by atoms with Crippen LogP contribution in [0.3, 0.4) is 0 Å². The number of nitrogens with one attached hydrogen (secondary N) is 2. The van der Waals surface area contributed by atoms with E-state index < -0.39 is 6.04 Å². The molecule has 0 aromatic heterocycles. The summed E-state index contributed by atoms with van der Waals surface area (Å²) < 4.78 is 12.8. The van der Waals surface area contributed by atoms with Gasteiger partial charge in [0, 0.05) is 10.7 Å². The zero-order valence-electron chi connectivity index (χ0n) is 12.6. The van der Waals surface area contributed by atoms with Gasteiger partial charge in [-0.05, 0) is 42.3 Å². The monoisotopic (exact) mass is 333 g/mol. The third kappa shape index (κ3) is 5.38. The van der Waals surface area contributed by atoms with Gasteiger partial charge in [0.25, 0.3) is 5.91 Å². The summed E-state index contributed by atoms with van der Waals surface area (Å²) in [4.78, 5) is 12.1. The molecule has 1 unspecified atom stereocenters. The van der Waals surface area contributed by atoms with E-state index >= 15 is 0 Å². The predicted molar refractivity (Wildman–Crippen MR) is 91.3 cm³/mol. The van der Waals surface area contributed by atoms with E-state index in [4.69, 9.17) is 11.6 Å². The van der Waals surface area contributed by atoms with Crippen LogP contribution in [0.1, 0.15) is 18.9 Å². The summed E-state index contributed by atoms with van der Waals surface area (Å²) in [6.45, 7) is 1.89. The highest BCUT2D eigenvalue weighted by Gasteiger charge is 2.15. The van der Waals surface area contributed by atoms with E-state index in [1.165, 1.54) is 18.3 Å². The summed E-state index contributed by atoms with van der Waals surface area (Å²) in [5, 5.41) is 7.59. The van der Waals surface area contributed by atoms with Crippen molar-refractivity contribution in [1.29, 1.82) is 0 Å². The van der Waals surface area contributed by atoms with E-state index in [9.17, 15) is 9.18 Å². The molecule has 1 amide bonds. The maximum atomic E-state index is 12.8. The average molecular weight is 334 g/mol. The Morgan fingerprint density at radius 1 is 1.30 bits per heavy atom. The molecule has 0 radical (unpaired) electrons. The Kier molecular flexibility index (Phi) is 6.11. The Morgan fingerprint density at radius 2 is 2.04 bits per heavy atom. The number of hydrogen-bond donors (Lipinski definition) is 2. The molecule has 0 fully saturated rings. The summed E-state index contributed by atoms with van der Waals surface area (Å²) in [6, 6.07) is 12.5. The SMILES string of the molecule is CCC(Nc1cccc(Cl)c1)C(=O)N/N=C\c1ccc(F)cc1. The molecule has 6 heteroatoms. The Balaban J connectivity index is 1.93. The second-order valence-electron chi connectivity index (χ2n) is 4.90. The molecule has 0 aliphatic rings. The molecule has 0 saturated heterocycles. The summed E-state index contributed by atoms with van der Waals surface area (Å²) in [5.74, 6) is -0.575. The van der Waals surface area contributed by atoms with Crippen LogP contribution in [0.25, 0.3) is 0 Å². The first-order chi connectivity index (χ1) is 11.1. The van der Waals surface area contributed by atoms with Crippen LogP contribution < -0.4 is 10.7 Å². The van der Waals surface area contributed by atoms with Gasteiger partial charge in [-0.15, -0.1) is 0 Å². The first-order valence-corrected chi connectivity index (χ1v) is 7.57. The predicted octanol–water partition coefficient (Wildman–Crippen LogP) is 3.82. The minimum atomic E-state index is -0.432. The van der Waals surface area contributed by atoms with E-state index in [-0.39, 0.29) is 11.7 Å². The quantitative estimate of drug-likeness (QED) is 0.623. The van der Waals surface area contributed by atoms with E-state index in [2.05, 4.69) is 15.8 Å². The standard InChI is InChI=1S/C17H17ClFN3O/c1-2-16(21-15-5-3-4-13(18)10-15)17(23)22-20-11-12-6-8-14(19)9-7-12/h3-11,16,21H,2H2,1H3,(H,22,23)/b20-11-. The van der Waals surface area contributed by atoms with Crippen LogP contribution in [0.4, 0.5) is 10.1 Å². The molecule has 0 spiro atoms. The highest BCUT2D eigenvalue weighted by atomic mass is 35.5. The van der Waals surface area contributed by atoms with Crippen molar-refractivity contribution in [3.05, 3.63) is 64.9 Å². The third-order valence-corrected chi connectivity index (χ3v) is 3.38. The molecule has 0 heterocycles. The summed E-state index contributed by atoms with van der Waals surface area (Å²) >= 11 is 5.92. The molecule has 0 bridgehead atoms. The molecule has 2 aromatic rings. The van der Waals surface area contributed by atoms with Crippen molar-refractivity contribution >= 4 is 29.4 Å². The van der Waals surface area contributed by atoms with E-state index in [0.29, 0.717) is 17.0 Å². The van der Waals surface area contributed by atoms with Crippen LogP contribution in [-0.4, -0.2) is 18.2 Å². The minimum absolute atomic E-state index is 0.258. The number of hydrazone groups is 1. The van der Waals surface area contributed by atoms with Crippen LogP contribution in [-0.2, 0) is 4.79 Å². The molecule has 2 N–H and O–H groups in total. The van der Waals surface area contributed by atoms with Gasteiger partial charge >= 0.3 is 0 Å². The second kappa shape index (κ2) is 8.29. The minimum Gasteiger partial charge on any atom is -0.374 e. The number of amides is 1. The Hall–Kier alpha value is -2.40. The zero-order chi connectivity index (χ0) is 16.7. The molecular weight excluding hydrogens is 317 g/mol. The zero-order valence-corrected chi connectivity index (χ0v) is 13.3. The van der Waals surface area contributed by atoms with Gasteiger partial charge in [-0.2, -0.15) is 5.10 Å². The summed E-state index contributed by atoms with van der Waals surface area (Å²) in [5.41, 5.74) is 3.94. The third-order valence-electron chi connectivity index (χ3n) is 3.15. The van der Waals surface area contributed by atoms with E-state index in [1.54, 1.807) is 24.3 Å². The first kappa shape index (κ1) is 17.0. The van der Waals surface area contributed by atoms with Crippen LogP contribution in [0.2, 0.25) is 5.02 Å². The number of nitrogens with zero attached hydrogens (tertiary/aromatic N) is 1. The molecule has 23 heavy (non-hydrogen) atoms. The number of benzene rings is 2. The number of hydrogen-bond acceptors (Lipinski definition) is 3. The second-order valence-corrected chi connectivity index (χ2v) is 5.34. The number of carbonyl (C=O) groups excluding carboxylic acids is 1. The van der Waals surface area contributed by atoms with Crippen molar-refractivity contribution in [1.82, 2.24) is 5.43 Å². The smallest absolute Gasteiger partial charge is 0.262 e. The van der Waals surface area contributed by atoms with Gasteiger partial charge in [0.2, 0.25) is 0 Å². The Labute approximate surface area is 139 Å².